The Labute approximate surface area is 172 Å². The predicted molar refractivity (Wildman–Crippen MR) is 110 cm³/mol. The number of anilines is 1. The Bertz CT molecular complexity index is 1060. The number of hydrogen-bond donors (Lipinski definition) is 1. The topological polar surface area (TPSA) is 108 Å². The summed E-state index contributed by atoms with van der Waals surface area (Å²) in [6.07, 6.45) is 0. The van der Waals surface area contributed by atoms with Crippen LogP contribution in [-0.4, -0.2) is 30.3 Å². The number of nitrogens with zero attached hydrogens (tertiary/aromatic N) is 1. The molecule has 3 aromatic carbocycles. The molecule has 1 N–H and O–H groups in total. The number of non-ortho nitro benzene ring substituents is 1. The Kier molecular flexibility index (Phi) is 6.39. The molecule has 0 saturated carbocycles. The molecular weight excluding hydrogens is 388 g/mol. The van der Waals surface area contributed by atoms with Gasteiger partial charge in [-0.15, -0.1) is 0 Å². The predicted octanol–water partition coefficient (Wildman–Crippen LogP) is 3.85. The largest absolute Gasteiger partial charge is 0.497 e. The SMILES string of the molecule is COc1ccc(OCC(=O)Nc2ccc([N+](=O)[O-])cc2C(=O)c2ccccc2)cc1. The molecular formula is C22H18N2O6. The van der Waals surface area contributed by atoms with E-state index < -0.39 is 16.6 Å². The molecule has 3 aromatic rings. The zero-order valence-electron chi connectivity index (χ0n) is 16.0. The molecule has 3 rings (SSSR count). The van der Waals surface area contributed by atoms with Crippen molar-refractivity contribution in [3.8, 4) is 11.5 Å². The molecule has 152 valence electrons. The third-order valence-corrected chi connectivity index (χ3v) is 4.20. The van der Waals surface area contributed by atoms with E-state index in [9.17, 15) is 19.7 Å². The van der Waals surface area contributed by atoms with Crippen LogP contribution in [0, 0.1) is 10.1 Å². The molecule has 0 aliphatic carbocycles. The van der Waals surface area contributed by atoms with Crippen LogP contribution in [0.25, 0.3) is 0 Å². The number of amides is 1. The van der Waals surface area contributed by atoms with Crippen LogP contribution in [0.4, 0.5) is 11.4 Å². The van der Waals surface area contributed by atoms with Gasteiger partial charge >= 0.3 is 0 Å². The molecule has 8 nitrogen and oxygen atoms in total. The van der Waals surface area contributed by atoms with E-state index >= 15 is 0 Å². The molecule has 0 unspecified atom stereocenters. The second kappa shape index (κ2) is 9.33. The van der Waals surface area contributed by atoms with Crippen LogP contribution in [0.3, 0.4) is 0 Å². The van der Waals surface area contributed by atoms with Crippen molar-refractivity contribution in [3.05, 3.63) is 94.0 Å². The highest BCUT2D eigenvalue weighted by Crippen LogP contribution is 2.25. The van der Waals surface area contributed by atoms with E-state index in [1.807, 2.05) is 0 Å². The van der Waals surface area contributed by atoms with E-state index in [2.05, 4.69) is 5.32 Å². The quantitative estimate of drug-likeness (QED) is 0.346. The van der Waals surface area contributed by atoms with Gasteiger partial charge in [0.05, 0.1) is 23.3 Å². The van der Waals surface area contributed by atoms with Crippen LogP contribution in [-0.2, 0) is 4.79 Å². The van der Waals surface area contributed by atoms with Gasteiger partial charge in [0.2, 0.25) is 0 Å². The van der Waals surface area contributed by atoms with Gasteiger partial charge < -0.3 is 14.8 Å². The molecule has 1 amide bonds. The second-order valence-corrected chi connectivity index (χ2v) is 6.19. The smallest absolute Gasteiger partial charge is 0.270 e. The first-order chi connectivity index (χ1) is 14.5. The lowest BCUT2D eigenvalue weighted by molar-refractivity contribution is -0.384. The first-order valence-electron chi connectivity index (χ1n) is 8.93. The van der Waals surface area contributed by atoms with Gasteiger partial charge in [-0.25, -0.2) is 0 Å². The Balaban J connectivity index is 1.77. The number of nitrogens with one attached hydrogen (secondary N) is 1. The normalized spacial score (nSPS) is 10.2. The van der Waals surface area contributed by atoms with Gasteiger partial charge in [0.15, 0.2) is 12.4 Å². The number of hydrogen-bond acceptors (Lipinski definition) is 6. The summed E-state index contributed by atoms with van der Waals surface area (Å²) in [5.41, 5.74) is 0.288. The zero-order chi connectivity index (χ0) is 21.5. The molecule has 0 atom stereocenters. The Morgan fingerprint density at radius 1 is 0.967 bits per heavy atom. The summed E-state index contributed by atoms with van der Waals surface area (Å²) >= 11 is 0. The minimum absolute atomic E-state index is 0.0215. The van der Waals surface area contributed by atoms with Crippen LogP contribution in [0.1, 0.15) is 15.9 Å². The van der Waals surface area contributed by atoms with Crippen molar-refractivity contribution >= 4 is 23.1 Å². The highest BCUT2D eigenvalue weighted by Gasteiger charge is 2.19. The van der Waals surface area contributed by atoms with Crippen LogP contribution in [0.15, 0.2) is 72.8 Å². The Morgan fingerprint density at radius 3 is 2.27 bits per heavy atom. The van der Waals surface area contributed by atoms with Gasteiger partial charge in [0.25, 0.3) is 11.6 Å². The molecule has 30 heavy (non-hydrogen) atoms. The van der Waals surface area contributed by atoms with Crippen molar-refractivity contribution in [2.75, 3.05) is 19.0 Å². The van der Waals surface area contributed by atoms with E-state index in [-0.39, 0.29) is 23.5 Å². The number of rotatable bonds is 8. The molecule has 0 radical (unpaired) electrons. The first kappa shape index (κ1) is 20.5. The van der Waals surface area contributed by atoms with Crippen LogP contribution < -0.4 is 14.8 Å². The Hall–Kier alpha value is -4.20. The van der Waals surface area contributed by atoms with Gasteiger partial charge in [-0.3, -0.25) is 19.7 Å². The van der Waals surface area contributed by atoms with Gasteiger partial charge in [-0.1, -0.05) is 30.3 Å². The number of carbonyl (C=O) groups excluding carboxylic acids is 2. The number of carbonyl (C=O) groups is 2. The number of ether oxygens (including phenoxy) is 2. The third-order valence-electron chi connectivity index (χ3n) is 4.20. The summed E-state index contributed by atoms with van der Waals surface area (Å²) in [4.78, 5) is 35.7. The first-order valence-corrected chi connectivity index (χ1v) is 8.93. The lowest BCUT2D eigenvalue weighted by Gasteiger charge is -2.12. The van der Waals surface area contributed by atoms with Crippen LogP contribution >= 0.6 is 0 Å². The average molecular weight is 406 g/mol. The standard InChI is InChI=1S/C22H18N2O6/c1-29-17-8-10-18(11-9-17)30-14-21(25)23-20-12-7-16(24(27)28)13-19(20)22(26)15-5-3-2-4-6-15/h2-13H,14H2,1H3,(H,23,25). The van der Waals surface area contributed by atoms with Gasteiger partial charge in [-0.2, -0.15) is 0 Å². The van der Waals surface area contributed by atoms with Crippen molar-refractivity contribution in [3.63, 3.8) is 0 Å². The van der Waals surface area contributed by atoms with Crippen molar-refractivity contribution in [1.82, 2.24) is 0 Å². The fourth-order valence-electron chi connectivity index (χ4n) is 2.69. The summed E-state index contributed by atoms with van der Waals surface area (Å²) in [5.74, 6) is 0.171. The minimum Gasteiger partial charge on any atom is -0.497 e. The maximum atomic E-state index is 12.8. The molecule has 0 aliphatic rings. The van der Waals surface area contributed by atoms with Gasteiger partial charge in [0.1, 0.15) is 11.5 Å². The molecule has 0 fully saturated rings. The van der Waals surface area contributed by atoms with E-state index in [1.165, 1.54) is 12.1 Å². The highest BCUT2D eigenvalue weighted by atomic mass is 16.6. The maximum Gasteiger partial charge on any atom is 0.270 e. The summed E-state index contributed by atoms with van der Waals surface area (Å²) in [7, 11) is 1.54. The number of ketones is 1. The van der Waals surface area contributed by atoms with Gasteiger partial charge in [-0.05, 0) is 30.3 Å². The van der Waals surface area contributed by atoms with Crippen molar-refractivity contribution in [1.29, 1.82) is 0 Å². The molecule has 0 bridgehead atoms. The lowest BCUT2D eigenvalue weighted by atomic mass is 10.0. The Morgan fingerprint density at radius 2 is 1.63 bits per heavy atom. The molecule has 0 heterocycles. The average Bonchev–Trinajstić information content (AvgIpc) is 2.78. The fourth-order valence-corrected chi connectivity index (χ4v) is 2.69. The molecule has 0 aromatic heterocycles. The van der Waals surface area contributed by atoms with E-state index in [0.717, 1.165) is 6.07 Å². The number of nitro groups is 1. The third kappa shape index (κ3) is 4.99. The van der Waals surface area contributed by atoms with E-state index in [1.54, 1.807) is 61.7 Å². The van der Waals surface area contributed by atoms with Crippen molar-refractivity contribution < 1.29 is 24.0 Å². The van der Waals surface area contributed by atoms with Gasteiger partial charge in [0, 0.05) is 17.7 Å². The van der Waals surface area contributed by atoms with Crippen molar-refractivity contribution in [2.24, 2.45) is 0 Å². The minimum atomic E-state index is -0.597. The molecule has 0 aliphatic heterocycles. The number of nitro benzene ring substituents is 1. The van der Waals surface area contributed by atoms with Crippen LogP contribution in [0.2, 0.25) is 0 Å². The van der Waals surface area contributed by atoms with E-state index in [4.69, 9.17) is 9.47 Å². The lowest BCUT2D eigenvalue weighted by Crippen LogP contribution is -2.21. The summed E-state index contributed by atoms with van der Waals surface area (Å²) in [5, 5.41) is 13.7. The summed E-state index contributed by atoms with van der Waals surface area (Å²) in [6.45, 7) is -0.303. The highest BCUT2D eigenvalue weighted by molar-refractivity contribution is 6.14. The molecule has 8 heteroatoms. The molecule has 0 saturated heterocycles. The summed E-state index contributed by atoms with van der Waals surface area (Å²) in [6, 6.07) is 18.7. The van der Waals surface area contributed by atoms with E-state index in [0.29, 0.717) is 17.1 Å². The van der Waals surface area contributed by atoms with Crippen LogP contribution in [0.5, 0.6) is 11.5 Å². The van der Waals surface area contributed by atoms with Crippen molar-refractivity contribution in [2.45, 2.75) is 0 Å². The number of methoxy groups -OCH3 is 1. The molecule has 0 spiro atoms. The maximum absolute atomic E-state index is 12.8. The second-order valence-electron chi connectivity index (χ2n) is 6.19. The zero-order valence-corrected chi connectivity index (χ0v) is 16.0. The monoisotopic (exact) mass is 406 g/mol. The number of benzene rings is 3. The fraction of sp³-hybridized carbons (Fsp3) is 0.0909. The summed E-state index contributed by atoms with van der Waals surface area (Å²) < 4.78 is 10.5.